The van der Waals surface area contributed by atoms with Crippen molar-refractivity contribution in [3.8, 4) is 0 Å². The van der Waals surface area contributed by atoms with Crippen molar-refractivity contribution in [2.45, 2.75) is 44.0 Å². The van der Waals surface area contributed by atoms with E-state index in [9.17, 15) is 5.11 Å². The van der Waals surface area contributed by atoms with Crippen molar-refractivity contribution >= 4 is 0 Å². The Labute approximate surface area is 54.8 Å². The van der Waals surface area contributed by atoms with Crippen LogP contribution in [0.2, 0.25) is 0 Å². The average molecular weight is 128 g/mol. The molecule has 1 saturated carbocycles. The molecule has 0 aromatic carbocycles. The first-order valence-corrected chi connectivity index (χ1v) is 3.55. The molecule has 1 saturated heterocycles. The Kier molecular flexibility index (Phi) is 0.945. The molecule has 9 heavy (non-hydrogen) atoms. The molecule has 1 heterocycles. The summed E-state index contributed by atoms with van der Waals surface area (Å²) in [5.41, 5.74) is -0.433. The minimum atomic E-state index is -0.433. The van der Waals surface area contributed by atoms with Crippen molar-refractivity contribution in [2.75, 3.05) is 0 Å². The Hall–Kier alpha value is -0.0800. The SMILES string of the molecule is CC1(O)CCC2OC2C1. The summed E-state index contributed by atoms with van der Waals surface area (Å²) in [7, 11) is 0. The maximum Gasteiger partial charge on any atom is 0.0869 e. The average Bonchev–Trinajstić information content (AvgIpc) is 2.41. The molecule has 2 nitrogen and oxygen atoms in total. The Morgan fingerprint density at radius 3 is 2.89 bits per heavy atom. The van der Waals surface area contributed by atoms with Gasteiger partial charge < -0.3 is 9.84 Å². The van der Waals surface area contributed by atoms with Gasteiger partial charge in [-0.2, -0.15) is 0 Å². The number of fused-ring (bicyclic) bond motifs is 1. The monoisotopic (exact) mass is 128 g/mol. The normalized spacial score (nSPS) is 56.7. The van der Waals surface area contributed by atoms with Crippen LogP contribution in [-0.4, -0.2) is 22.9 Å². The number of rotatable bonds is 0. The molecule has 1 aliphatic carbocycles. The Morgan fingerprint density at radius 1 is 1.56 bits per heavy atom. The van der Waals surface area contributed by atoms with Crippen molar-refractivity contribution < 1.29 is 9.84 Å². The second-order valence-corrected chi connectivity index (χ2v) is 3.45. The van der Waals surface area contributed by atoms with E-state index in [-0.39, 0.29) is 0 Å². The van der Waals surface area contributed by atoms with Gasteiger partial charge in [-0.05, 0) is 19.8 Å². The molecule has 2 aliphatic rings. The Morgan fingerprint density at radius 2 is 2.33 bits per heavy atom. The van der Waals surface area contributed by atoms with Gasteiger partial charge in [0.15, 0.2) is 0 Å². The van der Waals surface area contributed by atoms with E-state index in [1.807, 2.05) is 6.92 Å². The predicted molar refractivity (Wildman–Crippen MR) is 33.1 cm³/mol. The highest BCUT2D eigenvalue weighted by atomic mass is 16.6. The second-order valence-electron chi connectivity index (χ2n) is 3.45. The smallest absolute Gasteiger partial charge is 0.0869 e. The van der Waals surface area contributed by atoms with E-state index in [0.29, 0.717) is 12.2 Å². The summed E-state index contributed by atoms with van der Waals surface area (Å²) in [5.74, 6) is 0. The summed E-state index contributed by atoms with van der Waals surface area (Å²) in [6, 6.07) is 0. The molecule has 0 amide bonds. The van der Waals surface area contributed by atoms with Gasteiger partial charge in [0, 0.05) is 6.42 Å². The van der Waals surface area contributed by atoms with E-state index in [4.69, 9.17) is 4.74 Å². The molecule has 3 unspecified atom stereocenters. The highest BCUT2D eigenvalue weighted by molar-refractivity contribution is 4.97. The van der Waals surface area contributed by atoms with Crippen molar-refractivity contribution in [1.29, 1.82) is 0 Å². The number of aliphatic hydroxyl groups is 1. The van der Waals surface area contributed by atoms with Crippen molar-refractivity contribution in [2.24, 2.45) is 0 Å². The van der Waals surface area contributed by atoms with Crippen LogP contribution in [-0.2, 0) is 4.74 Å². The van der Waals surface area contributed by atoms with Gasteiger partial charge in [0.05, 0.1) is 17.8 Å². The molecule has 0 aromatic rings. The molecular weight excluding hydrogens is 116 g/mol. The first-order chi connectivity index (χ1) is 4.17. The van der Waals surface area contributed by atoms with E-state index >= 15 is 0 Å². The van der Waals surface area contributed by atoms with Gasteiger partial charge in [-0.1, -0.05) is 0 Å². The van der Waals surface area contributed by atoms with E-state index < -0.39 is 5.60 Å². The lowest BCUT2D eigenvalue weighted by molar-refractivity contribution is 0.0293. The fraction of sp³-hybridized carbons (Fsp3) is 1.00. The highest BCUT2D eigenvalue weighted by Gasteiger charge is 2.47. The third-order valence-corrected chi connectivity index (χ3v) is 2.30. The number of epoxide rings is 1. The summed E-state index contributed by atoms with van der Waals surface area (Å²) in [4.78, 5) is 0. The summed E-state index contributed by atoms with van der Waals surface area (Å²) in [5, 5.41) is 9.49. The fourth-order valence-electron chi connectivity index (χ4n) is 1.60. The van der Waals surface area contributed by atoms with Gasteiger partial charge in [-0.25, -0.2) is 0 Å². The largest absolute Gasteiger partial charge is 0.390 e. The van der Waals surface area contributed by atoms with Crippen LogP contribution < -0.4 is 0 Å². The highest BCUT2D eigenvalue weighted by Crippen LogP contribution is 2.40. The van der Waals surface area contributed by atoms with Crippen molar-refractivity contribution in [3.63, 3.8) is 0 Å². The fourth-order valence-corrected chi connectivity index (χ4v) is 1.60. The molecule has 0 bridgehead atoms. The van der Waals surface area contributed by atoms with Crippen molar-refractivity contribution in [1.82, 2.24) is 0 Å². The molecular formula is C7H12O2. The van der Waals surface area contributed by atoms with Crippen LogP contribution in [0.5, 0.6) is 0 Å². The van der Waals surface area contributed by atoms with E-state index in [2.05, 4.69) is 0 Å². The van der Waals surface area contributed by atoms with E-state index in [0.717, 1.165) is 19.3 Å². The zero-order valence-corrected chi connectivity index (χ0v) is 5.63. The minimum absolute atomic E-state index is 0.397. The summed E-state index contributed by atoms with van der Waals surface area (Å²) in [6.45, 7) is 1.89. The Bertz CT molecular complexity index is 131. The maximum atomic E-state index is 9.49. The zero-order valence-electron chi connectivity index (χ0n) is 5.63. The molecule has 0 radical (unpaired) electrons. The van der Waals surface area contributed by atoms with E-state index in [1.54, 1.807) is 0 Å². The van der Waals surface area contributed by atoms with Crippen LogP contribution in [0.3, 0.4) is 0 Å². The molecule has 52 valence electrons. The lowest BCUT2D eigenvalue weighted by atomic mass is 9.87. The molecule has 0 aromatic heterocycles. The summed E-state index contributed by atoms with van der Waals surface area (Å²) >= 11 is 0. The quantitative estimate of drug-likeness (QED) is 0.487. The zero-order chi connectivity index (χ0) is 6.48. The van der Waals surface area contributed by atoms with Gasteiger partial charge in [0.1, 0.15) is 0 Å². The van der Waals surface area contributed by atoms with Crippen LogP contribution in [0.4, 0.5) is 0 Å². The van der Waals surface area contributed by atoms with Gasteiger partial charge in [-0.15, -0.1) is 0 Å². The molecule has 2 heteroatoms. The van der Waals surface area contributed by atoms with Gasteiger partial charge in [-0.3, -0.25) is 0 Å². The summed E-state index contributed by atoms with van der Waals surface area (Å²) < 4.78 is 5.25. The third kappa shape index (κ3) is 0.970. The topological polar surface area (TPSA) is 32.8 Å². The molecule has 2 fully saturated rings. The standard InChI is InChI=1S/C7H12O2/c1-7(8)3-2-5-6(4-7)9-5/h5-6,8H,2-4H2,1H3. The maximum absolute atomic E-state index is 9.49. The van der Waals surface area contributed by atoms with Crippen LogP contribution in [0.15, 0.2) is 0 Å². The molecule has 2 rings (SSSR count). The predicted octanol–water partition coefficient (Wildman–Crippen LogP) is 0.689. The van der Waals surface area contributed by atoms with Crippen LogP contribution >= 0.6 is 0 Å². The van der Waals surface area contributed by atoms with Crippen LogP contribution in [0, 0.1) is 0 Å². The molecule has 0 spiro atoms. The first-order valence-electron chi connectivity index (χ1n) is 3.55. The molecule has 3 atom stereocenters. The third-order valence-electron chi connectivity index (χ3n) is 2.30. The van der Waals surface area contributed by atoms with Gasteiger partial charge >= 0.3 is 0 Å². The number of hydrogen-bond acceptors (Lipinski definition) is 2. The lowest BCUT2D eigenvalue weighted by Gasteiger charge is -2.24. The van der Waals surface area contributed by atoms with E-state index in [1.165, 1.54) is 0 Å². The molecule has 1 aliphatic heterocycles. The summed E-state index contributed by atoms with van der Waals surface area (Å²) in [6.07, 6.45) is 3.71. The van der Waals surface area contributed by atoms with Crippen LogP contribution in [0.25, 0.3) is 0 Å². The lowest BCUT2D eigenvalue weighted by Crippen LogP contribution is -2.30. The van der Waals surface area contributed by atoms with Gasteiger partial charge in [0.25, 0.3) is 0 Å². The van der Waals surface area contributed by atoms with Crippen molar-refractivity contribution in [3.05, 3.63) is 0 Å². The second kappa shape index (κ2) is 1.50. The Balaban J connectivity index is 2.01. The van der Waals surface area contributed by atoms with Gasteiger partial charge in [0.2, 0.25) is 0 Å². The number of ether oxygens (including phenoxy) is 1. The first kappa shape index (κ1) is 5.69. The molecule has 1 N–H and O–H groups in total. The number of hydrogen-bond donors (Lipinski definition) is 1. The van der Waals surface area contributed by atoms with Crippen LogP contribution in [0.1, 0.15) is 26.2 Å². The minimum Gasteiger partial charge on any atom is -0.390 e.